The molecule has 0 bridgehead atoms. The van der Waals surface area contributed by atoms with E-state index in [0.29, 0.717) is 12.8 Å². The van der Waals surface area contributed by atoms with Crippen LogP contribution in [-0.2, 0) is 14.3 Å². The molecule has 1 saturated carbocycles. The maximum absolute atomic E-state index is 12.6. The lowest BCUT2D eigenvalue weighted by Crippen LogP contribution is -2.81. The van der Waals surface area contributed by atoms with Gasteiger partial charge in [0.1, 0.15) is 0 Å². The van der Waals surface area contributed by atoms with E-state index in [2.05, 4.69) is 5.32 Å². The fourth-order valence-corrected chi connectivity index (χ4v) is 5.10. The van der Waals surface area contributed by atoms with Crippen LogP contribution in [0.2, 0.25) is 0 Å². The van der Waals surface area contributed by atoms with E-state index in [1.807, 2.05) is 13.8 Å². The number of carbonyl (C=O) groups is 2. The average molecular weight is 344 g/mol. The first-order valence-electron chi connectivity index (χ1n) is 8.76. The van der Waals surface area contributed by atoms with E-state index < -0.39 is 29.1 Å². The van der Waals surface area contributed by atoms with Gasteiger partial charge in [0.2, 0.25) is 11.4 Å². The number of hydrogen-bond acceptors (Lipinski definition) is 4. The van der Waals surface area contributed by atoms with Crippen molar-refractivity contribution in [2.45, 2.75) is 81.4 Å². The van der Waals surface area contributed by atoms with Crippen molar-refractivity contribution in [1.29, 1.82) is 0 Å². The summed E-state index contributed by atoms with van der Waals surface area (Å²) >= 11 is 6.11. The van der Waals surface area contributed by atoms with Crippen molar-refractivity contribution in [2.75, 3.05) is 0 Å². The first-order valence-corrected chi connectivity index (χ1v) is 9.20. The Labute approximate surface area is 142 Å². The number of esters is 1. The van der Waals surface area contributed by atoms with Gasteiger partial charge in [-0.1, -0.05) is 26.2 Å². The summed E-state index contributed by atoms with van der Waals surface area (Å²) in [6.07, 6.45) is 5.11. The molecule has 2 N–H and O–H groups in total. The largest absolute Gasteiger partial charge is 0.453 e. The fraction of sp³-hybridized carbons (Fsp3) is 0.882. The summed E-state index contributed by atoms with van der Waals surface area (Å²) in [5.74, 6) is -1.17. The van der Waals surface area contributed by atoms with Crippen LogP contribution in [0, 0.1) is 11.8 Å². The van der Waals surface area contributed by atoms with E-state index in [1.54, 1.807) is 0 Å². The molecule has 3 fully saturated rings. The smallest absolute Gasteiger partial charge is 0.339 e. The first-order chi connectivity index (χ1) is 10.9. The van der Waals surface area contributed by atoms with Gasteiger partial charge in [0.05, 0.1) is 12.0 Å². The van der Waals surface area contributed by atoms with Crippen LogP contribution in [0.25, 0.3) is 0 Å². The third kappa shape index (κ3) is 2.23. The van der Waals surface area contributed by atoms with E-state index >= 15 is 0 Å². The highest BCUT2D eigenvalue weighted by molar-refractivity contribution is 6.20. The number of rotatable bonds is 5. The summed E-state index contributed by atoms with van der Waals surface area (Å²) in [6.45, 7) is 3.73. The Bertz CT molecular complexity index is 505. The molecular weight excluding hydrogens is 318 g/mol. The van der Waals surface area contributed by atoms with Crippen LogP contribution in [-0.4, -0.2) is 39.6 Å². The fourth-order valence-electron chi connectivity index (χ4n) is 4.92. The van der Waals surface area contributed by atoms with E-state index in [-0.39, 0.29) is 17.2 Å². The molecule has 130 valence electrons. The molecule has 0 aromatic carbocycles. The minimum atomic E-state index is -1.28. The summed E-state index contributed by atoms with van der Waals surface area (Å²) in [7, 11) is 0. The molecule has 5 nitrogen and oxygen atoms in total. The molecule has 2 aliphatic heterocycles. The average Bonchev–Trinajstić information content (AvgIpc) is 2.73. The summed E-state index contributed by atoms with van der Waals surface area (Å²) < 4.78 is 5.56. The van der Waals surface area contributed by atoms with Crippen molar-refractivity contribution in [1.82, 2.24) is 5.32 Å². The van der Waals surface area contributed by atoms with Crippen LogP contribution in [0.15, 0.2) is 0 Å². The monoisotopic (exact) mass is 343 g/mol. The summed E-state index contributed by atoms with van der Waals surface area (Å²) in [5.41, 5.74) is -2.24. The minimum Gasteiger partial charge on any atom is -0.453 e. The van der Waals surface area contributed by atoms with Crippen molar-refractivity contribution >= 4 is 23.5 Å². The number of amides is 1. The highest BCUT2D eigenvalue weighted by Crippen LogP contribution is 2.56. The topological polar surface area (TPSA) is 75.6 Å². The zero-order chi connectivity index (χ0) is 16.8. The van der Waals surface area contributed by atoms with Crippen molar-refractivity contribution < 1.29 is 19.4 Å². The number of aliphatic hydroxyl groups excluding tert-OH is 1. The molecule has 3 rings (SSSR count). The maximum Gasteiger partial charge on any atom is 0.339 e. The van der Waals surface area contributed by atoms with Crippen molar-refractivity contribution in [2.24, 2.45) is 11.8 Å². The van der Waals surface area contributed by atoms with Crippen LogP contribution in [0.4, 0.5) is 0 Å². The molecular formula is C17H26ClNO4. The quantitative estimate of drug-likeness (QED) is 0.592. The van der Waals surface area contributed by atoms with Gasteiger partial charge in [-0.3, -0.25) is 4.79 Å². The Morgan fingerprint density at radius 3 is 2.52 bits per heavy atom. The number of alkyl halides is 1. The van der Waals surface area contributed by atoms with Gasteiger partial charge in [0.25, 0.3) is 0 Å². The summed E-state index contributed by atoms with van der Waals surface area (Å²) in [6, 6.07) is 0. The van der Waals surface area contributed by atoms with Gasteiger partial charge in [-0.25, -0.2) is 4.79 Å². The first kappa shape index (κ1) is 17.0. The van der Waals surface area contributed by atoms with Crippen LogP contribution >= 0.6 is 11.6 Å². The Hall–Kier alpha value is -0.810. The molecule has 0 radical (unpaired) electrons. The maximum atomic E-state index is 12.6. The van der Waals surface area contributed by atoms with Gasteiger partial charge in [-0.05, 0) is 38.5 Å². The van der Waals surface area contributed by atoms with Gasteiger partial charge < -0.3 is 15.2 Å². The molecule has 1 aliphatic carbocycles. The number of fused-ring (bicyclic) bond motifs is 1. The molecule has 0 aromatic rings. The Kier molecular flexibility index (Phi) is 4.38. The lowest BCUT2D eigenvalue weighted by molar-refractivity contribution is -0.246. The SMILES string of the molecule is CC[C@@]12OC(=O)[C@]1([C@@H](O)C1CCCCC1)NC(=O)[C@@H]2CC(C)Cl. The van der Waals surface area contributed by atoms with Gasteiger partial charge in [-0.2, -0.15) is 0 Å². The summed E-state index contributed by atoms with van der Waals surface area (Å²) in [5, 5.41) is 13.7. The predicted octanol–water partition coefficient (Wildman–Crippen LogP) is 2.14. The second kappa shape index (κ2) is 5.92. The van der Waals surface area contributed by atoms with Crippen molar-refractivity contribution in [3.05, 3.63) is 0 Å². The second-order valence-corrected chi connectivity index (χ2v) is 8.09. The summed E-state index contributed by atoms with van der Waals surface area (Å²) in [4.78, 5) is 25.0. The number of halogens is 1. The molecule has 23 heavy (non-hydrogen) atoms. The number of nitrogens with one attached hydrogen (secondary N) is 1. The molecule has 1 amide bonds. The number of aliphatic hydroxyl groups is 1. The molecule has 0 spiro atoms. The number of ether oxygens (including phenoxy) is 1. The normalized spacial score (nSPS) is 39.9. The highest BCUT2D eigenvalue weighted by Gasteiger charge is 2.80. The molecule has 2 saturated heterocycles. The Balaban J connectivity index is 1.94. The van der Waals surface area contributed by atoms with Gasteiger partial charge in [-0.15, -0.1) is 11.6 Å². The highest BCUT2D eigenvalue weighted by atomic mass is 35.5. The zero-order valence-electron chi connectivity index (χ0n) is 13.8. The molecule has 0 aromatic heterocycles. The van der Waals surface area contributed by atoms with E-state index in [4.69, 9.17) is 16.3 Å². The van der Waals surface area contributed by atoms with Crippen LogP contribution in [0.3, 0.4) is 0 Å². The van der Waals surface area contributed by atoms with E-state index in [0.717, 1.165) is 25.7 Å². The van der Waals surface area contributed by atoms with Gasteiger partial charge in [0, 0.05) is 5.38 Å². The Morgan fingerprint density at radius 2 is 2.00 bits per heavy atom. The van der Waals surface area contributed by atoms with Crippen LogP contribution < -0.4 is 5.32 Å². The van der Waals surface area contributed by atoms with E-state index in [1.165, 1.54) is 6.42 Å². The lowest BCUT2D eigenvalue weighted by Gasteiger charge is -2.56. The minimum absolute atomic E-state index is 0.0370. The third-order valence-electron chi connectivity index (χ3n) is 6.09. The van der Waals surface area contributed by atoms with Crippen LogP contribution in [0.1, 0.15) is 58.8 Å². The zero-order valence-corrected chi connectivity index (χ0v) is 14.6. The predicted molar refractivity (Wildman–Crippen MR) is 86.0 cm³/mol. The third-order valence-corrected chi connectivity index (χ3v) is 6.27. The van der Waals surface area contributed by atoms with Crippen molar-refractivity contribution in [3.63, 3.8) is 0 Å². The van der Waals surface area contributed by atoms with Crippen LogP contribution in [0.5, 0.6) is 0 Å². The molecule has 6 heteroatoms. The van der Waals surface area contributed by atoms with Gasteiger partial charge in [0.15, 0.2) is 5.60 Å². The second-order valence-electron chi connectivity index (χ2n) is 7.34. The van der Waals surface area contributed by atoms with Gasteiger partial charge >= 0.3 is 5.97 Å². The standard InChI is InChI=1S/C17H26ClNO4/c1-3-16-12(9-10(2)18)14(21)19-17(16,15(22)23-16)13(20)11-7-5-4-6-8-11/h10-13,20H,3-9H2,1-2H3,(H,19,21)/t10?,12-,13-,16-,17-/m0/s1. The number of hydrogen-bond donors (Lipinski definition) is 2. The van der Waals surface area contributed by atoms with Crippen molar-refractivity contribution in [3.8, 4) is 0 Å². The Morgan fingerprint density at radius 1 is 1.35 bits per heavy atom. The molecule has 5 atom stereocenters. The lowest BCUT2D eigenvalue weighted by atomic mass is 9.61. The molecule has 2 heterocycles. The number of carbonyl (C=O) groups excluding carboxylic acids is 2. The van der Waals surface area contributed by atoms with E-state index in [9.17, 15) is 14.7 Å². The molecule has 3 aliphatic rings. The molecule has 1 unspecified atom stereocenters.